The number of rotatable bonds is 1. The Bertz CT molecular complexity index is 2650. The van der Waals surface area contributed by atoms with Gasteiger partial charge in [-0.2, -0.15) is 0 Å². The summed E-state index contributed by atoms with van der Waals surface area (Å²) in [7, 11) is 2.21. The quantitative estimate of drug-likeness (QED) is 0.209. The molecule has 0 radical (unpaired) electrons. The second-order valence-electron chi connectivity index (χ2n) is 11.0. The molecule has 10 rings (SSSR count). The molecule has 3 nitrogen and oxygen atoms in total. The molecule has 4 aromatic heterocycles. The van der Waals surface area contributed by atoms with Crippen LogP contribution in [-0.2, 0) is 7.05 Å². The van der Waals surface area contributed by atoms with Crippen molar-refractivity contribution in [3.05, 3.63) is 121 Å². The predicted octanol–water partition coefficient (Wildman–Crippen LogP) is 9.58. The topological polar surface area (TPSA) is 14.3 Å². The number of nitrogens with zero attached hydrogens (tertiary/aromatic N) is 3. The Kier molecular flexibility index (Phi) is 3.62. The van der Waals surface area contributed by atoms with E-state index in [0.717, 1.165) is 0 Å². The number of aryl methyl sites for hydroxylation is 1. The molecule has 3 heteroatoms. The smallest absolute Gasteiger partial charge is 0.0620 e. The van der Waals surface area contributed by atoms with Crippen LogP contribution >= 0.6 is 0 Å². The summed E-state index contributed by atoms with van der Waals surface area (Å²) in [6.45, 7) is 0. The third-order valence-electron chi connectivity index (χ3n) is 9.17. The van der Waals surface area contributed by atoms with Crippen LogP contribution in [-0.4, -0.2) is 13.5 Å². The van der Waals surface area contributed by atoms with Crippen molar-refractivity contribution < 1.29 is 0 Å². The number of para-hydroxylation sites is 4. The third kappa shape index (κ3) is 2.26. The second-order valence-corrected chi connectivity index (χ2v) is 11.0. The van der Waals surface area contributed by atoms with E-state index in [4.69, 9.17) is 0 Å². The largest absolute Gasteiger partial charge is 0.344 e. The zero-order valence-electron chi connectivity index (χ0n) is 21.9. The molecule has 0 aliphatic heterocycles. The third-order valence-corrected chi connectivity index (χ3v) is 9.17. The molecule has 0 aliphatic rings. The number of fused-ring (bicyclic) bond motifs is 14. The molecule has 0 unspecified atom stereocenters. The van der Waals surface area contributed by atoms with Gasteiger partial charge >= 0.3 is 0 Å². The van der Waals surface area contributed by atoms with E-state index in [1.807, 2.05) is 0 Å². The minimum absolute atomic E-state index is 1.19. The fourth-order valence-corrected chi connectivity index (χ4v) is 7.61. The minimum Gasteiger partial charge on any atom is -0.344 e. The van der Waals surface area contributed by atoms with Gasteiger partial charge in [-0.05, 0) is 48.5 Å². The van der Waals surface area contributed by atoms with Crippen LogP contribution in [0.4, 0.5) is 0 Å². The predicted molar refractivity (Wildman–Crippen MR) is 169 cm³/mol. The highest BCUT2D eigenvalue weighted by molar-refractivity contribution is 6.37. The van der Waals surface area contributed by atoms with Crippen LogP contribution in [0.15, 0.2) is 121 Å². The van der Waals surface area contributed by atoms with Crippen molar-refractivity contribution in [2.24, 2.45) is 7.05 Å². The molecule has 10 aromatic rings. The standard InChI is InChI=1S/C37H23N3/c1-38-29-18-20-31-33(25-13-6-8-17-28(25)39(31)22-10-3-2-4-11-22)35(29)36-30(38)19-21-32-34(36)26-15-9-14-24-23-12-5-7-16-27(23)40(32)37(24)26/h2-21H,1H3. The van der Waals surface area contributed by atoms with Crippen LogP contribution in [0.5, 0.6) is 0 Å². The number of aromatic nitrogens is 3. The lowest BCUT2D eigenvalue weighted by atomic mass is 10.0. The summed E-state index contributed by atoms with van der Waals surface area (Å²) in [6.07, 6.45) is 0. The van der Waals surface area contributed by atoms with Gasteiger partial charge in [-0.3, -0.25) is 0 Å². The molecular weight excluding hydrogens is 486 g/mol. The van der Waals surface area contributed by atoms with E-state index in [-0.39, 0.29) is 0 Å². The van der Waals surface area contributed by atoms with Crippen molar-refractivity contribution in [3.8, 4) is 5.69 Å². The first-order chi connectivity index (χ1) is 19.8. The van der Waals surface area contributed by atoms with E-state index < -0.39 is 0 Å². The molecule has 40 heavy (non-hydrogen) atoms. The summed E-state index contributed by atoms with van der Waals surface area (Å²) in [5, 5.41) is 10.6. The highest BCUT2D eigenvalue weighted by Gasteiger charge is 2.24. The Morgan fingerprint density at radius 3 is 1.75 bits per heavy atom. The van der Waals surface area contributed by atoms with Crippen molar-refractivity contribution in [2.45, 2.75) is 0 Å². The minimum atomic E-state index is 1.19. The lowest BCUT2D eigenvalue weighted by Gasteiger charge is -2.07. The maximum Gasteiger partial charge on any atom is 0.0620 e. The van der Waals surface area contributed by atoms with E-state index in [0.29, 0.717) is 0 Å². The molecular formula is C37H23N3. The van der Waals surface area contributed by atoms with Crippen molar-refractivity contribution in [1.29, 1.82) is 0 Å². The van der Waals surface area contributed by atoms with Gasteiger partial charge in [-0.1, -0.05) is 72.8 Å². The van der Waals surface area contributed by atoms with Gasteiger partial charge in [0.1, 0.15) is 0 Å². The van der Waals surface area contributed by atoms with Gasteiger partial charge in [-0.25, -0.2) is 0 Å². The molecule has 0 aliphatic carbocycles. The van der Waals surface area contributed by atoms with Crippen LogP contribution in [0.25, 0.3) is 87.4 Å². The molecule has 0 atom stereocenters. The van der Waals surface area contributed by atoms with E-state index in [9.17, 15) is 0 Å². The molecule has 0 saturated carbocycles. The van der Waals surface area contributed by atoms with Gasteiger partial charge in [0.25, 0.3) is 0 Å². The molecule has 0 fully saturated rings. The maximum absolute atomic E-state index is 2.49. The Balaban J connectivity index is 1.52. The Hall–Kier alpha value is -5.28. The lowest BCUT2D eigenvalue weighted by Crippen LogP contribution is -1.93. The summed E-state index contributed by atoms with van der Waals surface area (Å²) < 4.78 is 7.29. The van der Waals surface area contributed by atoms with Gasteiger partial charge < -0.3 is 13.5 Å². The monoisotopic (exact) mass is 509 g/mol. The number of benzene rings is 6. The van der Waals surface area contributed by atoms with Gasteiger partial charge in [0.2, 0.25) is 0 Å². The molecule has 0 spiro atoms. The van der Waals surface area contributed by atoms with Crippen LogP contribution in [0.1, 0.15) is 0 Å². The van der Waals surface area contributed by atoms with Crippen molar-refractivity contribution in [2.75, 3.05) is 0 Å². The summed E-state index contributed by atoms with van der Waals surface area (Å²) in [6, 6.07) is 44.5. The van der Waals surface area contributed by atoms with Gasteiger partial charge in [0, 0.05) is 66.9 Å². The average molecular weight is 510 g/mol. The number of hydrogen-bond acceptors (Lipinski definition) is 0. The highest BCUT2D eigenvalue weighted by atomic mass is 15.0. The Morgan fingerprint density at radius 1 is 0.375 bits per heavy atom. The van der Waals surface area contributed by atoms with E-state index in [2.05, 4.69) is 142 Å². The average Bonchev–Trinajstić information content (AvgIpc) is 3.72. The molecule has 4 heterocycles. The normalized spacial score (nSPS) is 12.6. The van der Waals surface area contributed by atoms with Crippen molar-refractivity contribution in [1.82, 2.24) is 13.5 Å². The van der Waals surface area contributed by atoms with Gasteiger partial charge in [0.15, 0.2) is 0 Å². The van der Waals surface area contributed by atoms with Crippen LogP contribution in [0.3, 0.4) is 0 Å². The molecule has 0 amide bonds. The molecule has 0 saturated heterocycles. The fourth-order valence-electron chi connectivity index (χ4n) is 7.61. The second kappa shape index (κ2) is 7.02. The van der Waals surface area contributed by atoms with Gasteiger partial charge in [-0.15, -0.1) is 0 Å². The Labute approximate surface area is 229 Å². The highest BCUT2D eigenvalue weighted by Crippen LogP contribution is 2.47. The first kappa shape index (κ1) is 20.7. The van der Waals surface area contributed by atoms with Crippen LogP contribution in [0.2, 0.25) is 0 Å². The zero-order chi connectivity index (χ0) is 26.1. The van der Waals surface area contributed by atoms with Crippen LogP contribution in [0, 0.1) is 0 Å². The first-order valence-corrected chi connectivity index (χ1v) is 13.9. The fraction of sp³-hybridized carbons (Fsp3) is 0.0270. The summed E-state index contributed by atoms with van der Waals surface area (Å²) in [5.74, 6) is 0. The van der Waals surface area contributed by atoms with Crippen LogP contribution < -0.4 is 0 Å². The van der Waals surface area contributed by atoms with Crippen molar-refractivity contribution >= 4 is 81.7 Å². The molecule has 0 N–H and O–H groups in total. The molecule has 6 aromatic carbocycles. The van der Waals surface area contributed by atoms with E-state index in [1.165, 1.54) is 87.4 Å². The zero-order valence-corrected chi connectivity index (χ0v) is 21.9. The molecule has 186 valence electrons. The van der Waals surface area contributed by atoms with Gasteiger partial charge in [0.05, 0.1) is 27.6 Å². The number of hydrogen-bond donors (Lipinski definition) is 0. The maximum atomic E-state index is 2.49. The molecule has 0 bridgehead atoms. The SMILES string of the molecule is Cn1c2ccc3c(c4ccccc4n3-c3ccccc3)c2c2c3c4cccc5c6ccccc6n(c3ccc21)c54. The summed E-state index contributed by atoms with van der Waals surface area (Å²) in [4.78, 5) is 0. The van der Waals surface area contributed by atoms with Crippen molar-refractivity contribution in [3.63, 3.8) is 0 Å². The first-order valence-electron chi connectivity index (χ1n) is 13.9. The van der Waals surface area contributed by atoms with E-state index in [1.54, 1.807) is 0 Å². The summed E-state index contributed by atoms with van der Waals surface area (Å²) >= 11 is 0. The van der Waals surface area contributed by atoms with E-state index >= 15 is 0 Å². The lowest BCUT2D eigenvalue weighted by molar-refractivity contribution is 1.01. The summed E-state index contributed by atoms with van der Waals surface area (Å²) in [5.41, 5.74) is 10.1. The Morgan fingerprint density at radius 2 is 0.950 bits per heavy atom.